The minimum absolute atomic E-state index is 0.0852. The SMILES string of the molecule is CC(C)C1CCC(C)C(C=CC(=O)N[C@@H](Cc2cc(F)c(F)c(F)c2)C(=O)N[C@H]2COC(=O)[C@@H]3CCCN3C(=O)[C@H](C)NC(=O)[C@H](C)N(C)C(=O)[C@@H]3CCCN3C2=O)C1. The fraction of sp³-hybridized carbons (Fsp3) is 0.643. The number of hydrogen-bond donors (Lipinski definition) is 3. The highest BCUT2D eigenvalue weighted by atomic mass is 19.2. The van der Waals surface area contributed by atoms with E-state index >= 15 is 0 Å². The van der Waals surface area contributed by atoms with E-state index in [2.05, 4.69) is 36.7 Å². The van der Waals surface area contributed by atoms with Gasteiger partial charge >= 0.3 is 5.97 Å². The lowest BCUT2D eigenvalue weighted by molar-refractivity contribution is -0.158. The van der Waals surface area contributed by atoms with E-state index in [1.165, 1.54) is 41.7 Å². The van der Waals surface area contributed by atoms with Crippen LogP contribution in [0.4, 0.5) is 13.2 Å². The summed E-state index contributed by atoms with van der Waals surface area (Å²) >= 11 is 0. The Bertz CT molecular complexity index is 1800. The highest BCUT2D eigenvalue weighted by molar-refractivity contribution is 5.98. The number of nitrogens with zero attached hydrogens (tertiary/aromatic N) is 3. The van der Waals surface area contributed by atoms with Gasteiger partial charge in [-0.3, -0.25) is 28.8 Å². The van der Waals surface area contributed by atoms with Gasteiger partial charge in [0.05, 0.1) is 0 Å². The van der Waals surface area contributed by atoms with Crippen LogP contribution in [-0.2, 0) is 44.7 Å². The van der Waals surface area contributed by atoms with Crippen LogP contribution in [0.1, 0.15) is 85.1 Å². The van der Waals surface area contributed by atoms with E-state index in [9.17, 15) is 46.7 Å². The number of likely N-dealkylation sites (N-methyl/N-ethyl adjacent to an activating group) is 1. The minimum atomic E-state index is -1.71. The van der Waals surface area contributed by atoms with Crippen molar-refractivity contribution in [3.05, 3.63) is 47.3 Å². The van der Waals surface area contributed by atoms with Crippen LogP contribution in [-0.4, -0.2) is 119 Å². The molecular formula is C42H57F3N6O8. The van der Waals surface area contributed by atoms with Gasteiger partial charge in [0.25, 0.3) is 0 Å². The average Bonchev–Trinajstić information content (AvgIpc) is 3.90. The Morgan fingerprint density at radius 2 is 1.53 bits per heavy atom. The van der Waals surface area contributed by atoms with Crippen molar-refractivity contribution in [3.63, 3.8) is 0 Å². The summed E-state index contributed by atoms with van der Waals surface area (Å²) in [5.74, 6) is -8.52. The predicted octanol–water partition coefficient (Wildman–Crippen LogP) is 2.77. The third-order valence-electron chi connectivity index (χ3n) is 12.5. The topological polar surface area (TPSA) is 175 Å². The van der Waals surface area contributed by atoms with Gasteiger partial charge < -0.3 is 35.4 Å². The van der Waals surface area contributed by atoms with Crippen molar-refractivity contribution in [2.45, 2.75) is 122 Å². The van der Waals surface area contributed by atoms with E-state index in [1.807, 2.05) is 0 Å². The van der Waals surface area contributed by atoms with Crippen LogP contribution in [0.3, 0.4) is 0 Å². The van der Waals surface area contributed by atoms with E-state index < -0.39 is 108 Å². The lowest BCUT2D eigenvalue weighted by atomic mass is 9.71. The zero-order valence-corrected chi connectivity index (χ0v) is 34.6. The first kappa shape index (κ1) is 45.1. The van der Waals surface area contributed by atoms with Crippen LogP contribution in [0.15, 0.2) is 24.3 Å². The molecule has 0 spiro atoms. The van der Waals surface area contributed by atoms with Crippen LogP contribution in [0.5, 0.6) is 0 Å². The van der Waals surface area contributed by atoms with Gasteiger partial charge in [-0.05, 0) is 106 Å². The second-order valence-corrected chi connectivity index (χ2v) is 16.9. The van der Waals surface area contributed by atoms with Crippen molar-refractivity contribution in [1.29, 1.82) is 0 Å². The minimum Gasteiger partial charge on any atom is -0.461 e. The monoisotopic (exact) mass is 830 g/mol. The molecule has 4 fully saturated rings. The lowest BCUT2D eigenvalue weighted by Crippen LogP contribution is -2.60. The van der Waals surface area contributed by atoms with Crippen molar-refractivity contribution in [2.24, 2.45) is 23.7 Å². The maximum atomic E-state index is 14.4. The Morgan fingerprint density at radius 3 is 2.17 bits per heavy atom. The number of amides is 6. The number of carbonyl (C=O) groups excluding carboxylic acids is 7. The first-order chi connectivity index (χ1) is 27.9. The van der Waals surface area contributed by atoms with Gasteiger partial charge in [0.15, 0.2) is 17.5 Å². The molecule has 59 heavy (non-hydrogen) atoms. The van der Waals surface area contributed by atoms with Crippen LogP contribution >= 0.6 is 0 Å². The maximum Gasteiger partial charge on any atom is 0.328 e. The quantitative estimate of drug-likeness (QED) is 0.204. The molecule has 0 radical (unpaired) electrons. The molecule has 1 aromatic carbocycles. The molecule has 4 aliphatic rings. The van der Waals surface area contributed by atoms with Crippen molar-refractivity contribution in [1.82, 2.24) is 30.7 Å². The fourth-order valence-corrected chi connectivity index (χ4v) is 8.58. The second kappa shape index (κ2) is 19.4. The molecule has 1 aromatic rings. The molecule has 14 nitrogen and oxygen atoms in total. The Balaban J connectivity index is 1.44. The Morgan fingerprint density at radius 1 is 0.898 bits per heavy atom. The third kappa shape index (κ3) is 10.6. The molecule has 9 atom stereocenters. The lowest BCUT2D eigenvalue weighted by Gasteiger charge is -2.34. The zero-order valence-electron chi connectivity index (χ0n) is 34.6. The zero-order chi connectivity index (χ0) is 43.3. The number of ether oxygens (including phenoxy) is 1. The molecule has 6 amide bonds. The normalized spacial score (nSPS) is 29.3. The van der Waals surface area contributed by atoms with Crippen molar-refractivity contribution >= 4 is 41.4 Å². The summed E-state index contributed by atoms with van der Waals surface area (Å²) in [7, 11) is 1.40. The molecule has 3 saturated heterocycles. The highest BCUT2D eigenvalue weighted by Gasteiger charge is 2.43. The summed E-state index contributed by atoms with van der Waals surface area (Å²) < 4.78 is 48.3. The van der Waals surface area contributed by atoms with Gasteiger partial charge in [-0.25, -0.2) is 18.0 Å². The van der Waals surface area contributed by atoms with Crippen LogP contribution in [0, 0.1) is 41.1 Å². The standard InChI is InChI=1S/C42H57F3N6O8/c1-22(2)27-12-11-23(3)28(20-27)13-14-35(52)47-31(19-26-17-29(43)36(45)30(44)18-26)38(54)48-32-21-59-42(58)34-10-8-16-51(34)39(55)24(4)46-37(53)25(5)49(6)41(57)33-9-7-15-50(33)40(32)56/h13-14,17-18,22-25,27-28,31-34H,7-12,15-16,19-21H2,1-6H3,(H,46,53)(H,47,52)(H,48,54)/t23?,24-,25-,27?,28?,31-,32-,33-,34-/m0/s1. The molecule has 0 aromatic heterocycles. The second-order valence-electron chi connectivity index (χ2n) is 16.9. The first-order valence-electron chi connectivity index (χ1n) is 20.6. The summed E-state index contributed by atoms with van der Waals surface area (Å²) in [6, 6.07) is -6.00. The molecule has 3 N–H and O–H groups in total. The predicted molar refractivity (Wildman–Crippen MR) is 208 cm³/mol. The summed E-state index contributed by atoms with van der Waals surface area (Å²) in [5.41, 5.74) is -0.172. The van der Waals surface area contributed by atoms with Crippen molar-refractivity contribution in [3.8, 4) is 0 Å². The number of rotatable bonds is 8. The Labute approximate surface area is 343 Å². The molecule has 3 heterocycles. The van der Waals surface area contributed by atoms with Crippen molar-refractivity contribution in [2.75, 3.05) is 26.7 Å². The number of hydrogen-bond acceptors (Lipinski definition) is 8. The van der Waals surface area contributed by atoms with Crippen molar-refractivity contribution < 1.29 is 51.5 Å². The molecule has 3 unspecified atom stereocenters. The van der Waals surface area contributed by atoms with E-state index in [-0.39, 0.29) is 37.4 Å². The maximum absolute atomic E-state index is 14.4. The first-order valence-corrected chi connectivity index (χ1v) is 20.6. The number of benzene rings is 1. The fourth-order valence-electron chi connectivity index (χ4n) is 8.58. The summed E-state index contributed by atoms with van der Waals surface area (Å²) in [6.45, 7) is 8.92. The third-order valence-corrected chi connectivity index (χ3v) is 12.5. The highest BCUT2D eigenvalue weighted by Crippen LogP contribution is 2.38. The number of halogens is 3. The summed E-state index contributed by atoms with van der Waals surface area (Å²) in [5, 5.41) is 7.73. The van der Waals surface area contributed by atoms with Gasteiger partial charge in [-0.2, -0.15) is 0 Å². The molecule has 1 aliphatic carbocycles. The Kier molecular flexibility index (Phi) is 14.8. The van der Waals surface area contributed by atoms with Crippen LogP contribution < -0.4 is 16.0 Å². The largest absolute Gasteiger partial charge is 0.461 e. The molecule has 0 bridgehead atoms. The van der Waals surface area contributed by atoms with E-state index in [4.69, 9.17) is 4.74 Å². The Hall–Kier alpha value is -4.96. The van der Waals surface area contributed by atoms with Gasteiger partial charge in [0, 0.05) is 26.6 Å². The number of fused-ring (bicyclic) bond motifs is 2. The average molecular weight is 831 g/mol. The molecule has 1 saturated carbocycles. The van der Waals surface area contributed by atoms with Crippen LogP contribution in [0.25, 0.3) is 0 Å². The molecular weight excluding hydrogens is 773 g/mol. The molecule has 5 rings (SSSR count). The molecule has 17 heteroatoms. The van der Waals surface area contributed by atoms with E-state index in [0.717, 1.165) is 19.3 Å². The van der Waals surface area contributed by atoms with Gasteiger partial charge in [0.1, 0.15) is 42.9 Å². The number of esters is 1. The summed E-state index contributed by atoms with van der Waals surface area (Å²) in [4.78, 5) is 99.7. The van der Waals surface area contributed by atoms with E-state index in [0.29, 0.717) is 42.7 Å². The van der Waals surface area contributed by atoms with Gasteiger partial charge in [-0.15, -0.1) is 0 Å². The smallest absolute Gasteiger partial charge is 0.328 e. The molecule has 324 valence electrons. The number of nitrogens with one attached hydrogen (secondary N) is 3. The van der Waals surface area contributed by atoms with Gasteiger partial charge in [-0.1, -0.05) is 26.8 Å². The number of carbonyl (C=O) groups is 7. The van der Waals surface area contributed by atoms with E-state index in [1.54, 1.807) is 6.08 Å². The number of allylic oxidation sites excluding steroid dienone is 1. The summed E-state index contributed by atoms with van der Waals surface area (Å²) in [6.07, 6.45) is 6.80. The number of cyclic esters (lactones) is 1. The molecule has 3 aliphatic heterocycles. The van der Waals surface area contributed by atoms with Crippen LogP contribution in [0.2, 0.25) is 0 Å². The van der Waals surface area contributed by atoms with Gasteiger partial charge in [0.2, 0.25) is 35.4 Å².